The molecule has 1 N–H and O–H groups in total. The molecule has 2 aromatic rings. The lowest BCUT2D eigenvalue weighted by molar-refractivity contribution is 0.367. The van der Waals surface area contributed by atoms with Crippen molar-refractivity contribution >= 4 is 10.9 Å². The first kappa shape index (κ1) is 13.7. The minimum absolute atomic E-state index is 0.683. The maximum atomic E-state index is 3.80. The van der Waals surface area contributed by atoms with E-state index < -0.39 is 0 Å². The predicted molar refractivity (Wildman–Crippen MR) is 85.8 cm³/mol. The molecule has 0 amide bonds. The summed E-state index contributed by atoms with van der Waals surface area (Å²) in [5.74, 6) is 1.66. The zero-order valence-corrected chi connectivity index (χ0v) is 13.1. The van der Waals surface area contributed by atoms with Gasteiger partial charge in [-0.05, 0) is 43.2 Å². The molecule has 1 heterocycles. The molecular formula is C18H26N2. The van der Waals surface area contributed by atoms with Crippen molar-refractivity contribution in [1.29, 1.82) is 0 Å². The molecule has 0 saturated heterocycles. The molecule has 3 rings (SSSR count). The van der Waals surface area contributed by atoms with Gasteiger partial charge in [0.25, 0.3) is 0 Å². The van der Waals surface area contributed by atoms with Gasteiger partial charge in [0.2, 0.25) is 0 Å². The third-order valence-corrected chi connectivity index (χ3v) is 5.50. The van der Waals surface area contributed by atoms with Gasteiger partial charge in [-0.1, -0.05) is 32.0 Å². The Balaban J connectivity index is 1.81. The SMILES string of the molecule is Cc1c(CNC2CCC(C)C2C)n(C)c2ccccc12. The monoisotopic (exact) mass is 270 g/mol. The summed E-state index contributed by atoms with van der Waals surface area (Å²) in [6.45, 7) is 8.01. The number of aromatic nitrogens is 1. The summed E-state index contributed by atoms with van der Waals surface area (Å²) in [7, 11) is 2.19. The molecule has 2 nitrogen and oxygen atoms in total. The molecule has 1 saturated carbocycles. The standard InChI is InChI=1S/C18H26N2/c1-12-9-10-16(13(12)2)19-11-18-14(3)15-7-5-6-8-17(15)20(18)4/h5-8,12-13,16,19H,9-11H2,1-4H3. The van der Waals surface area contributed by atoms with Crippen molar-refractivity contribution < 1.29 is 0 Å². The Bertz CT molecular complexity index is 572. The van der Waals surface area contributed by atoms with Gasteiger partial charge in [0.05, 0.1) is 0 Å². The lowest BCUT2D eigenvalue weighted by Gasteiger charge is -2.20. The van der Waals surface area contributed by atoms with E-state index in [1.54, 1.807) is 0 Å². The van der Waals surface area contributed by atoms with Crippen molar-refractivity contribution in [3.63, 3.8) is 0 Å². The number of hydrogen-bond donors (Lipinski definition) is 1. The summed E-state index contributed by atoms with van der Waals surface area (Å²) in [6.07, 6.45) is 2.69. The van der Waals surface area contributed by atoms with Crippen LogP contribution in [0.25, 0.3) is 10.9 Å². The van der Waals surface area contributed by atoms with E-state index in [9.17, 15) is 0 Å². The number of fused-ring (bicyclic) bond motifs is 1. The van der Waals surface area contributed by atoms with Gasteiger partial charge in [0, 0.05) is 36.2 Å². The van der Waals surface area contributed by atoms with Gasteiger partial charge >= 0.3 is 0 Å². The van der Waals surface area contributed by atoms with E-state index in [1.807, 2.05) is 0 Å². The van der Waals surface area contributed by atoms with Gasteiger partial charge in [-0.15, -0.1) is 0 Å². The third-order valence-electron chi connectivity index (χ3n) is 5.50. The van der Waals surface area contributed by atoms with E-state index in [4.69, 9.17) is 0 Å². The Kier molecular flexibility index (Phi) is 3.59. The van der Waals surface area contributed by atoms with Gasteiger partial charge in [-0.3, -0.25) is 0 Å². The van der Waals surface area contributed by atoms with Crippen LogP contribution in [-0.4, -0.2) is 10.6 Å². The van der Waals surface area contributed by atoms with Crippen LogP contribution >= 0.6 is 0 Å². The van der Waals surface area contributed by atoms with E-state index in [1.165, 1.54) is 35.0 Å². The van der Waals surface area contributed by atoms with Crippen LogP contribution in [-0.2, 0) is 13.6 Å². The van der Waals surface area contributed by atoms with Crippen molar-refractivity contribution in [3.05, 3.63) is 35.5 Å². The van der Waals surface area contributed by atoms with E-state index in [0.29, 0.717) is 6.04 Å². The molecule has 0 bridgehead atoms. The van der Waals surface area contributed by atoms with Crippen LogP contribution in [0.4, 0.5) is 0 Å². The lowest BCUT2D eigenvalue weighted by Crippen LogP contribution is -2.32. The summed E-state index contributed by atoms with van der Waals surface area (Å²) in [6, 6.07) is 9.38. The third kappa shape index (κ3) is 2.16. The highest BCUT2D eigenvalue weighted by molar-refractivity contribution is 5.85. The van der Waals surface area contributed by atoms with Gasteiger partial charge < -0.3 is 9.88 Å². The van der Waals surface area contributed by atoms with Crippen LogP contribution in [0.3, 0.4) is 0 Å². The first-order valence-corrected chi connectivity index (χ1v) is 7.86. The molecule has 1 aliphatic rings. The molecule has 0 spiro atoms. The van der Waals surface area contributed by atoms with Crippen LogP contribution in [0, 0.1) is 18.8 Å². The molecule has 0 aliphatic heterocycles. The van der Waals surface area contributed by atoms with E-state index in [0.717, 1.165) is 18.4 Å². The highest BCUT2D eigenvalue weighted by atomic mass is 15.0. The molecule has 1 aromatic heterocycles. The van der Waals surface area contributed by atoms with Crippen molar-refractivity contribution in [2.45, 2.75) is 46.2 Å². The topological polar surface area (TPSA) is 17.0 Å². The molecule has 1 aromatic carbocycles. The Labute approximate surface area is 122 Å². The maximum Gasteiger partial charge on any atom is 0.0483 e. The molecule has 3 unspecified atom stereocenters. The predicted octanol–water partition coefficient (Wildman–Crippen LogP) is 4.01. The van der Waals surface area contributed by atoms with Crippen molar-refractivity contribution in [2.75, 3.05) is 0 Å². The summed E-state index contributed by atoms with van der Waals surface area (Å²) in [5.41, 5.74) is 4.20. The normalized spacial score (nSPS) is 26.5. The van der Waals surface area contributed by atoms with E-state index in [-0.39, 0.29) is 0 Å². The zero-order valence-electron chi connectivity index (χ0n) is 13.1. The first-order chi connectivity index (χ1) is 9.59. The van der Waals surface area contributed by atoms with Crippen molar-refractivity contribution in [2.24, 2.45) is 18.9 Å². The molecular weight excluding hydrogens is 244 g/mol. The molecule has 108 valence electrons. The number of benzene rings is 1. The average molecular weight is 270 g/mol. The Morgan fingerprint density at radius 3 is 2.60 bits per heavy atom. The fourth-order valence-electron chi connectivity index (χ4n) is 3.77. The number of hydrogen-bond acceptors (Lipinski definition) is 1. The highest BCUT2D eigenvalue weighted by Crippen LogP contribution is 2.32. The maximum absolute atomic E-state index is 3.80. The summed E-state index contributed by atoms with van der Waals surface area (Å²) >= 11 is 0. The van der Waals surface area contributed by atoms with Gasteiger partial charge in [-0.2, -0.15) is 0 Å². The molecule has 2 heteroatoms. The van der Waals surface area contributed by atoms with Gasteiger partial charge in [0.1, 0.15) is 0 Å². The van der Waals surface area contributed by atoms with Crippen LogP contribution in [0.5, 0.6) is 0 Å². The Morgan fingerprint density at radius 2 is 1.95 bits per heavy atom. The van der Waals surface area contributed by atoms with Crippen molar-refractivity contribution in [1.82, 2.24) is 9.88 Å². The highest BCUT2D eigenvalue weighted by Gasteiger charge is 2.29. The molecule has 1 aliphatic carbocycles. The summed E-state index contributed by atoms with van der Waals surface area (Å²) in [5, 5.41) is 5.19. The van der Waals surface area contributed by atoms with E-state index >= 15 is 0 Å². The summed E-state index contributed by atoms with van der Waals surface area (Å²) < 4.78 is 2.35. The molecule has 20 heavy (non-hydrogen) atoms. The second kappa shape index (κ2) is 5.25. The number of rotatable bonds is 3. The summed E-state index contributed by atoms with van der Waals surface area (Å²) in [4.78, 5) is 0. The average Bonchev–Trinajstić information content (AvgIpc) is 2.90. The number of para-hydroxylation sites is 1. The van der Waals surface area contributed by atoms with Crippen LogP contribution < -0.4 is 5.32 Å². The second-order valence-corrected chi connectivity index (χ2v) is 6.55. The van der Waals surface area contributed by atoms with Crippen LogP contribution in [0.2, 0.25) is 0 Å². The zero-order chi connectivity index (χ0) is 14.3. The smallest absolute Gasteiger partial charge is 0.0483 e. The van der Waals surface area contributed by atoms with Gasteiger partial charge in [-0.25, -0.2) is 0 Å². The molecule has 3 atom stereocenters. The Morgan fingerprint density at radius 1 is 1.20 bits per heavy atom. The largest absolute Gasteiger partial charge is 0.346 e. The van der Waals surface area contributed by atoms with Crippen LogP contribution in [0.15, 0.2) is 24.3 Å². The minimum Gasteiger partial charge on any atom is -0.346 e. The Hall–Kier alpha value is -1.28. The number of nitrogens with zero attached hydrogens (tertiary/aromatic N) is 1. The first-order valence-electron chi connectivity index (χ1n) is 7.86. The number of aryl methyl sites for hydroxylation is 2. The minimum atomic E-state index is 0.683. The quantitative estimate of drug-likeness (QED) is 0.891. The van der Waals surface area contributed by atoms with Gasteiger partial charge in [0.15, 0.2) is 0 Å². The molecule has 0 radical (unpaired) electrons. The second-order valence-electron chi connectivity index (χ2n) is 6.55. The lowest BCUT2D eigenvalue weighted by atomic mass is 9.98. The molecule has 1 fully saturated rings. The van der Waals surface area contributed by atoms with Crippen molar-refractivity contribution in [3.8, 4) is 0 Å². The van der Waals surface area contributed by atoms with Crippen LogP contribution in [0.1, 0.15) is 37.9 Å². The van der Waals surface area contributed by atoms with E-state index in [2.05, 4.69) is 62.0 Å². The fourth-order valence-corrected chi connectivity index (χ4v) is 3.77. The number of nitrogens with one attached hydrogen (secondary N) is 1. The fraction of sp³-hybridized carbons (Fsp3) is 0.556.